The molecule has 0 fully saturated rings. The lowest BCUT2D eigenvalue weighted by Crippen LogP contribution is -2.37. The van der Waals surface area contributed by atoms with Crippen molar-refractivity contribution < 1.29 is 52.7 Å². The van der Waals surface area contributed by atoms with Crippen molar-refractivity contribution in [2.24, 2.45) is 5.41 Å². The molecule has 0 aliphatic heterocycles. The van der Waals surface area contributed by atoms with Gasteiger partial charge in [0.05, 0.1) is 45.1 Å². The Morgan fingerprint density at radius 1 is 0.588 bits per heavy atom. The molecule has 0 aromatic rings. The summed E-state index contributed by atoms with van der Waals surface area (Å²) in [6, 6.07) is 0. The number of phosphoric acid groups is 2. The Balaban J connectivity index is 0. The first-order valence-corrected chi connectivity index (χ1v) is 15.2. The first-order chi connectivity index (χ1) is 16.1. The molecule has 0 radical (unpaired) electrons. The quantitative estimate of drug-likeness (QED) is 0.0868. The lowest BCUT2D eigenvalue weighted by atomic mass is 9.93. The van der Waals surface area contributed by atoms with Crippen LogP contribution >= 0.6 is 15.6 Å². The van der Waals surface area contributed by atoms with E-state index >= 15 is 0 Å². The van der Waals surface area contributed by atoms with Crippen molar-refractivity contribution >= 4 is 15.6 Å². The molecule has 0 saturated carbocycles. The van der Waals surface area contributed by atoms with Gasteiger partial charge in [-0.25, -0.2) is 9.13 Å². The predicted octanol–water partition coefficient (Wildman–Crippen LogP) is 3.90. The summed E-state index contributed by atoms with van der Waals surface area (Å²) in [5.74, 6) is 0. The van der Waals surface area contributed by atoms with Crippen LogP contribution in [0.3, 0.4) is 0 Å². The second-order valence-electron chi connectivity index (χ2n) is 8.35. The van der Waals surface area contributed by atoms with Gasteiger partial charge in [-0.2, -0.15) is 4.31 Å². The standard InChI is InChI=1S/C16H36O7P2.C5H12O4/c1-3-5-7-9-11-13-15-21-25(20,23-24(17,18)19)22-16-14-12-10-8-6-4-2;6-1-5(2-7,3-8)4-9/h3-16H2,1-2H3,(H2,17,18,19);6-9H,1-4H2. The summed E-state index contributed by atoms with van der Waals surface area (Å²) in [6.07, 6.45) is 12.2. The van der Waals surface area contributed by atoms with Crippen molar-refractivity contribution in [1.29, 1.82) is 0 Å². The van der Waals surface area contributed by atoms with Gasteiger partial charge in [0, 0.05) is 0 Å². The zero-order valence-electron chi connectivity index (χ0n) is 20.8. The molecule has 0 aromatic heterocycles. The maximum Gasteiger partial charge on any atom is 0.483 e. The normalized spacial score (nSPS) is 12.5. The smallest absolute Gasteiger partial charge is 0.396 e. The van der Waals surface area contributed by atoms with Crippen molar-refractivity contribution in [1.82, 2.24) is 0 Å². The van der Waals surface area contributed by atoms with Crippen LogP contribution in [0, 0.1) is 5.41 Å². The lowest BCUT2D eigenvalue weighted by Gasteiger charge is -2.23. The number of aliphatic hydroxyl groups excluding tert-OH is 4. The second kappa shape index (κ2) is 22.3. The molecule has 0 rings (SSSR count). The third-order valence-corrected chi connectivity index (χ3v) is 7.69. The van der Waals surface area contributed by atoms with E-state index in [1.165, 1.54) is 12.8 Å². The van der Waals surface area contributed by atoms with E-state index in [0.29, 0.717) is 12.8 Å². The summed E-state index contributed by atoms with van der Waals surface area (Å²) in [6.45, 7) is 2.85. The minimum absolute atomic E-state index is 0.0971. The van der Waals surface area contributed by atoms with Gasteiger partial charge < -0.3 is 30.2 Å². The molecule has 0 spiro atoms. The molecule has 13 heteroatoms. The molecular weight excluding hydrogens is 490 g/mol. The Hall–Kier alpha value is 0.100. The van der Waals surface area contributed by atoms with E-state index in [2.05, 4.69) is 18.2 Å². The highest BCUT2D eigenvalue weighted by Gasteiger charge is 2.35. The van der Waals surface area contributed by atoms with Crippen LogP contribution in [0.25, 0.3) is 0 Å². The predicted molar refractivity (Wildman–Crippen MR) is 130 cm³/mol. The Morgan fingerprint density at radius 3 is 1.18 bits per heavy atom. The SMILES string of the molecule is CCCCCCCCOP(=O)(OCCCCCCCC)OP(=O)(O)O.OCC(CO)(CO)CO. The van der Waals surface area contributed by atoms with Gasteiger partial charge >= 0.3 is 15.6 Å². The van der Waals surface area contributed by atoms with Crippen molar-refractivity contribution in [2.75, 3.05) is 39.6 Å². The van der Waals surface area contributed by atoms with E-state index in [-0.39, 0.29) is 13.2 Å². The molecule has 0 aliphatic rings. The number of hydrogen-bond acceptors (Lipinski definition) is 9. The third-order valence-electron chi connectivity index (χ3n) is 5.04. The Labute approximate surface area is 204 Å². The van der Waals surface area contributed by atoms with Gasteiger partial charge in [-0.15, -0.1) is 0 Å². The largest absolute Gasteiger partial charge is 0.483 e. The van der Waals surface area contributed by atoms with Crippen LogP contribution in [-0.2, 0) is 22.5 Å². The molecule has 0 saturated heterocycles. The maximum atomic E-state index is 12.3. The van der Waals surface area contributed by atoms with Crippen LogP contribution in [0.5, 0.6) is 0 Å². The Bertz CT molecular complexity index is 499. The summed E-state index contributed by atoms with van der Waals surface area (Å²) in [7, 11) is -9.17. The van der Waals surface area contributed by atoms with Crippen molar-refractivity contribution in [3.63, 3.8) is 0 Å². The average molecular weight is 539 g/mol. The van der Waals surface area contributed by atoms with E-state index in [0.717, 1.165) is 51.4 Å². The van der Waals surface area contributed by atoms with E-state index in [4.69, 9.17) is 39.3 Å². The van der Waals surface area contributed by atoms with Crippen LogP contribution in [0.2, 0.25) is 0 Å². The molecule has 208 valence electrons. The van der Waals surface area contributed by atoms with E-state index in [9.17, 15) is 9.13 Å². The maximum absolute atomic E-state index is 12.3. The fraction of sp³-hybridized carbons (Fsp3) is 1.00. The van der Waals surface area contributed by atoms with Gasteiger partial charge in [-0.05, 0) is 12.8 Å². The van der Waals surface area contributed by atoms with Crippen LogP contribution in [-0.4, -0.2) is 69.9 Å². The second-order valence-corrected chi connectivity index (χ2v) is 11.4. The molecule has 11 nitrogen and oxygen atoms in total. The van der Waals surface area contributed by atoms with E-state index in [1.54, 1.807) is 0 Å². The van der Waals surface area contributed by atoms with Crippen LogP contribution in [0.15, 0.2) is 0 Å². The van der Waals surface area contributed by atoms with Gasteiger partial charge in [0.25, 0.3) is 0 Å². The summed E-state index contributed by atoms with van der Waals surface area (Å²) in [5, 5.41) is 34.0. The number of rotatable bonds is 22. The fourth-order valence-corrected chi connectivity index (χ4v) is 4.83. The minimum atomic E-state index is -4.94. The lowest BCUT2D eigenvalue weighted by molar-refractivity contribution is -0.0328. The molecule has 0 aromatic carbocycles. The van der Waals surface area contributed by atoms with Crippen LogP contribution in [0.4, 0.5) is 0 Å². The van der Waals surface area contributed by atoms with Gasteiger partial charge in [0.2, 0.25) is 0 Å². The Kier molecular flexibility index (Phi) is 23.8. The molecule has 0 aliphatic carbocycles. The van der Waals surface area contributed by atoms with Gasteiger partial charge in [-0.1, -0.05) is 78.1 Å². The number of unbranched alkanes of at least 4 members (excludes halogenated alkanes) is 10. The highest BCUT2D eigenvalue weighted by atomic mass is 31.3. The Morgan fingerprint density at radius 2 is 0.912 bits per heavy atom. The first kappa shape index (κ1) is 36.3. The number of aliphatic hydroxyl groups is 4. The monoisotopic (exact) mass is 538 g/mol. The summed E-state index contributed by atoms with van der Waals surface area (Å²) >= 11 is 0. The number of hydrogen-bond donors (Lipinski definition) is 6. The van der Waals surface area contributed by atoms with Crippen molar-refractivity contribution in [2.45, 2.75) is 90.9 Å². The zero-order chi connectivity index (χ0) is 26.3. The molecule has 34 heavy (non-hydrogen) atoms. The molecule has 0 atom stereocenters. The van der Waals surface area contributed by atoms with Crippen molar-refractivity contribution in [3.05, 3.63) is 0 Å². The van der Waals surface area contributed by atoms with Gasteiger partial charge in [0.1, 0.15) is 0 Å². The van der Waals surface area contributed by atoms with E-state index in [1.807, 2.05) is 0 Å². The summed E-state index contributed by atoms with van der Waals surface area (Å²) < 4.78 is 37.8. The van der Waals surface area contributed by atoms with Crippen LogP contribution < -0.4 is 0 Å². The zero-order valence-corrected chi connectivity index (χ0v) is 22.6. The topological polar surface area (TPSA) is 183 Å². The fourth-order valence-electron chi connectivity index (χ4n) is 2.63. The highest BCUT2D eigenvalue weighted by Crippen LogP contribution is 2.61. The van der Waals surface area contributed by atoms with Gasteiger partial charge in [0.15, 0.2) is 0 Å². The third kappa shape index (κ3) is 21.4. The molecule has 6 N–H and O–H groups in total. The first-order valence-electron chi connectivity index (χ1n) is 12.2. The highest BCUT2D eigenvalue weighted by molar-refractivity contribution is 7.61. The molecule has 0 bridgehead atoms. The molecule has 0 amide bonds. The van der Waals surface area contributed by atoms with Crippen LogP contribution in [0.1, 0.15) is 90.9 Å². The van der Waals surface area contributed by atoms with Gasteiger partial charge in [-0.3, -0.25) is 9.05 Å². The molecular formula is C21H48O11P2. The van der Waals surface area contributed by atoms with E-state index < -0.39 is 47.5 Å². The van der Waals surface area contributed by atoms with Crippen molar-refractivity contribution in [3.8, 4) is 0 Å². The average Bonchev–Trinajstić information content (AvgIpc) is 2.79. The number of phosphoric ester groups is 1. The summed E-state index contributed by atoms with van der Waals surface area (Å²) in [4.78, 5) is 17.8. The summed E-state index contributed by atoms with van der Waals surface area (Å²) in [5.41, 5.74) is -1.11. The minimum Gasteiger partial charge on any atom is -0.396 e. The molecule has 0 heterocycles. The molecule has 0 unspecified atom stereocenters.